The van der Waals surface area contributed by atoms with E-state index in [2.05, 4.69) is 49.6 Å². The molecule has 0 aliphatic carbocycles. The molecule has 17 heavy (non-hydrogen) atoms. The fraction of sp³-hybridized carbons (Fsp3) is 0. The first-order chi connectivity index (χ1) is 8.16. The molecule has 2 aromatic rings. The van der Waals surface area contributed by atoms with Gasteiger partial charge in [0.25, 0.3) is 0 Å². The fourth-order valence-electron chi connectivity index (χ4n) is 1.29. The zero-order valence-corrected chi connectivity index (χ0v) is 13.2. The maximum atomic E-state index is 6.00. The second-order valence-electron chi connectivity index (χ2n) is 3.38. The van der Waals surface area contributed by atoms with Crippen molar-refractivity contribution in [3.05, 3.63) is 61.1 Å². The molecule has 2 rings (SSSR count). The molecule has 0 spiro atoms. The number of benzene rings is 2. The van der Waals surface area contributed by atoms with E-state index in [1.807, 2.05) is 42.6 Å². The third-order valence-corrected chi connectivity index (χ3v) is 4.38. The Hall–Kier alpha value is -0.390. The van der Waals surface area contributed by atoms with Gasteiger partial charge in [0.15, 0.2) is 0 Å². The second kappa shape index (κ2) is 5.98. The molecule has 0 N–H and O–H groups in total. The van der Waals surface area contributed by atoms with Gasteiger partial charge in [-0.3, -0.25) is 4.99 Å². The quantitative estimate of drug-likeness (QED) is 0.452. The van der Waals surface area contributed by atoms with Crippen molar-refractivity contribution in [1.29, 1.82) is 0 Å². The van der Waals surface area contributed by atoms with Gasteiger partial charge < -0.3 is 0 Å². The first-order valence-corrected chi connectivity index (χ1v) is 7.15. The van der Waals surface area contributed by atoms with Crippen molar-refractivity contribution in [2.75, 3.05) is 0 Å². The Morgan fingerprint density at radius 3 is 2.65 bits per heavy atom. The highest BCUT2D eigenvalue weighted by molar-refractivity contribution is 14.1. The number of nitrogens with zero attached hydrogens (tertiary/aromatic N) is 1. The molecule has 0 unspecified atom stereocenters. The van der Waals surface area contributed by atoms with Crippen LogP contribution in [0.1, 0.15) is 5.56 Å². The Bertz CT molecular complexity index is 569. The van der Waals surface area contributed by atoms with Crippen LogP contribution in [0.2, 0.25) is 5.02 Å². The summed E-state index contributed by atoms with van der Waals surface area (Å²) in [6.07, 6.45) is 1.85. The lowest BCUT2D eigenvalue weighted by Gasteiger charge is -1.99. The van der Waals surface area contributed by atoms with Gasteiger partial charge in [0, 0.05) is 19.8 Å². The zero-order valence-electron chi connectivity index (χ0n) is 8.70. The van der Waals surface area contributed by atoms with E-state index in [-0.39, 0.29) is 0 Å². The van der Waals surface area contributed by atoms with Crippen LogP contribution in [-0.2, 0) is 0 Å². The van der Waals surface area contributed by atoms with E-state index in [0.717, 1.165) is 15.7 Å². The molecule has 0 fully saturated rings. The summed E-state index contributed by atoms with van der Waals surface area (Å²) in [5.41, 5.74) is 1.95. The van der Waals surface area contributed by atoms with Gasteiger partial charge in [0.05, 0.1) is 10.7 Å². The highest BCUT2D eigenvalue weighted by Gasteiger charge is 1.98. The van der Waals surface area contributed by atoms with Crippen LogP contribution in [0.5, 0.6) is 0 Å². The van der Waals surface area contributed by atoms with Gasteiger partial charge in [-0.2, -0.15) is 0 Å². The van der Waals surface area contributed by atoms with Gasteiger partial charge in [0.2, 0.25) is 0 Å². The minimum Gasteiger partial charge on any atom is -0.256 e. The van der Waals surface area contributed by atoms with Gasteiger partial charge in [0.1, 0.15) is 0 Å². The molecule has 0 saturated carbocycles. The van der Waals surface area contributed by atoms with Crippen LogP contribution in [0.25, 0.3) is 0 Å². The predicted octanol–water partition coefficient (Wildman–Crippen LogP) is 5.46. The van der Waals surface area contributed by atoms with Crippen molar-refractivity contribution in [1.82, 2.24) is 0 Å². The minimum atomic E-state index is 0.669. The molecule has 0 aliphatic rings. The third-order valence-electron chi connectivity index (χ3n) is 2.16. The number of halogens is 3. The number of hydrogen-bond donors (Lipinski definition) is 0. The van der Waals surface area contributed by atoms with Crippen molar-refractivity contribution in [3.8, 4) is 0 Å². The maximum Gasteiger partial charge on any atom is 0.0645 e. The third kappa shape index (κ3) is 3.53. The summed E-state index contributed by atoms with van der Waals surface area (Å²) in [6, 6.07) is 13.7. The van der Waals surface area contributed by atoms with E-state index in [4.69, 9.17) is 11.6 Å². The Morgan fingerprint density at radius 1 is 1.18 bits per heavy atom. The average Bonchev–Trinajstić information content (AvgIpc) is 2.32. The molecule has 4 heteroatoms. The Labute approximate surface area is 127 Å². The molecule has 0 heterocycles. The lowest BCUT2D eigenvalue weighted by molar-refractivity contribution is 1.50. The Balaban J connectivity index is 2.26. The molecule has 0 bridgehead atoms. The van der Waals surface area contributed by atoms with Crippen molar-refractivity contribution < 1.29 is 0 Å². The predicted molar refractivity (Wildman–Crippen MR) is 85.6 cm³/mol. The maximum absolute atomic E-state index is 6.00. The lowest BCUT2D eigenvalue weighted by atomic mass is 10.2. The summed E-state index contributed by atoms with van der Waals surface area (Å²) in [5, 5.41) is 0.669. The van der Waals surface area contributed by atoms with Crippen LogP contribution in [0.15, 0.2) is 51.9 Å². The summed E-state index contributed by atoms with van der Waals surface area (Å²) in [5.74, 6) is 0. The van der Waals surface area contributed by atoms with Crippen molar-refractivity contribution in [2.45, 2.75) is 0 Å². The van der Waals surface area contributed by atoms with E-state index >= 15 is 0 Å². The zero-order chi connectivity index (χ0) is 12.3. The first-order valence-electron chi connectivity index (χ1n) is 4.90. The normalized spacial score (nSPS) is 11.0. The summed E-state index contributed by atoms with van der Waals surface area (Å²) >= 11 is 11.6. The SMILES string of the molecule is Clc1cc(N=Cc2ccccc2I)ccc1Br. The van der Waals surface area contributed by atoms with E-state index in [1.165, 1.54) is 3.57 Å². The van der Waals surface area contributed by atoms with Crippen molar-refractivity contribution in [2.24, 2.45) is 4.99 Å². The molecule has 0 aromatic heterocycles. The molecule has 86 valence electrons. The molecule has 0 atom stereocenters. The number of hydrogen-bond acceptors (Lipinski definition) is 1. The topological polar surface area (TPSA) is 12.4 Å². The van der Waals surface area contributed by atoms with E-state index in [9.17, 15) is 0 Å². The monoisotopic (exact) mass is 419 g/mol. The summed E-state index contributed by atoms with van der Waals surface area (Å²) in [6.45, 7) is 0. The molecule has 0 amide bonds. The summed E-state index contributed by atoms with van der Waals surface area (Å²) in [4.78, 5) is 4.40. The molecule has 0 aliphatic heterocycles. The van der Waals surface area contributed by atoms with Crippen LogP contribution in [0, 0.1) is 3.57 Å². The van der Waals surface area contributed by atoms with Crippen LogP contribution >= 0.6 is 50.1 Å². The van der Waals surface area contributed by atoms with E-state index in [1.54, 1.807) is 0 Å². The van der Waals surface area contributed by atoms with Crippen molar-refractivity contribution in [3.63, 3.8) is 0 Å². The standard InChI is InChI=1S/C13H8BrClIN/c14-11-6-5-10(7-12(11)15)17-8-9-3-1-2-4-13(9)16/h1-8H. The average molecular weight is 420 g/mol. The highest BCUT2D eigenvalue weighted by Crippen LogP contribution is 2.27. The van der Waals surface area contributed by atoms with Gasteiger partial charge >= 0.3 is 0 Å². The van der Waals surface area contributed by atoms with E-state index in [0.29, 0.717) is 5.02 Å². The van der Waals surface area contributed by atoms with Crippen LogP contribution in [-0.4, -0.2) is 6.21 Å². The van der Waals surface area contributed by atoms with E-state index < -0.39 is 0 Å². The van der Waals surface area contributed by atoms with Gasteiger partial charge in [-0.1, -0.05) is 29.8 Å². The van der Waals surface area contributed by atoms with Crippen LogP contribution in [0.3, 0.4) is 0 Å². The molecular formula is C13H8BrClIN. The van der Waals surface area contributed by atoms with Crippen LogP contribution < -0.4 is 0 Å². The Morgan fingerprint density at radius 2 is 1.94 bits per heavy atom. The molecule has 0 saturated heterocycles. The van der Waals surface area contributed by atoms with Gasteiger partial charge in [-0.25, -0.2) is 0 Å². The van der Waals surface area contributed by atoms with Gasteiger partial charge in [-0.15, -0.1) is 0 Å². The molecule has 2 aromatic carbocycles. The summed E-state index contributed by atoms with van der Waals surface area (Å²) in [7, 11) is 0. The number of aliphatic imine (C=N–C) groups is 1. The Kier molecular flexibility index (Phi) is 4.59. The fourth-order valence-corrected chi connectivity index (χ4v) is 2.24. The largest absolute Gasteiger partial charge is 0.256 e. The van der Waals surface area contributed by atoms with Crippen LogP contribution in [0.4, 0.5) is 5.69 Å². The molecule has 1 nitrogen and oxygen atoms in total. The lowest BCUT2D eigenvalue weighted by Crippen LogP contribution is -1.84. The first kappa shape index (κ1) is 13.1. The summed E-state index contributed by atoms with van der Waals surface area (Å²) < 4.78 is 2.06. The van der Waals surface area contributed by atoms with Crippen molar-refractivity contribution >= 4 is 62.0 Å². The molecular weight excluding hydrogens is 412 g/mol. The second-order valence-corrected chi connectivity index (χ2v) is 5.80. The minimum absolute atomic E-state index is 0.669. The van der Waals surface area contributed by atoms with Gasteiger partial charge in [-0.05, 0) is 62.8 Å². The molecule has 0 radical (unpaired) electrons. The number of rotatable bonds is 2. The smallest absolute Gasteiger partial charge is 0.0645 e. The highest BCUT2D eigenvalue weighted by atomic mass is 127.